The zero-order chi connectivity index (χ0) is 10.6. The Labute approximate surface area is 83.0 Å². The molecule has 0 fully saturated rings. The molecule has 0 aliphatic carbocycles. The van der Waals surface area contributed by atoms with Gasteiger partial charge in [0.1, 0.15) is 0 Å². The molecule has 0 saturated heterocycles. The van der Waals surface area contributed by atoms with E-state index in [9.17, 15) is 4.79 Å². The molecule has 76 valence electrons. The van der Waals surface area contributed by atoms with Crippen molar-refractivity contribution in [1.29, 1.82) is 0 Å². The molecule has 0 aliphatic heterocycles. The molecule has 0 bridgehead atoms. The number of hydrogen-bond donors (Lipinski definition) is 2. The fourth-order valence-electron chi connectivity index (χ4n) is 0.955. The average Bonchev–Trinajstić information content (AvgIpc) is 2.18. The molecule has 0 saturated carbocycles. The number of carbonyl (C=O) groups excluding carboxylic acids is 1. The first-order valence-corrected chi connectivity index (χ1v) is 4.48. The number of rotatable bonds is 3. The van der Waals surface area contributed by atoms with Gasteiger partial charge in [0.25, 0.3) is 5.91 Å². The molecule has 0 spiro atoms. The van der Waals surface area contributed by atoms with Crippen LogP contribution in [0, 0.1) is 6.92 Å². The van der Waals surface area contributed by atoms with E-state index in [1.165, 1.54) is 6.20 Å². The second kappa shape index (κ2) is 4.72. The summed E-state index contributed by atoms with van der Waals surface area (Å²) < 4.78 is 0. The number of hydrogen-bond acceptors (Lipinski definition) is 3. The van der Waals surface area contributed by atoms with Crippen molar-refractivity contribution in [2.24, 2.45) is 0 Å². The van der Waals surface area contributed by atoms with Crippen molar-refractivity contribution in [2.75, 3.05) is 6.61 Å². The highest BCUT2D eigenvalue weighted by Gasteiger charge is 2.08. The van der Waals surface area contributed by atoms with Crippen LogP contribution in [0.3, 0.4) is 0 Å². The summed E-state index contributed by atoms with van der Waals surface area (Å²) >= 11 is 0. The van der Waals surface area contributed by atoms with E-state index in [1.807, 2.05) is 6.92 Å². The van der Waals surface area contributed by atoms with E-state index in [2.05, 4.69) is 10.3 Å². The Hall–Kier alpha value is -1.42. The van der Waals surface area contributed by atoms with Gasteiger partial charge in [0.15, 0.2) is 0 Å². The lowest BCUT2D eigenvalue weighted by molar-refractivity contribution is 0.0922. The fourth-order valence-corrected chi connectivity index (χ4v) is 0.955. The molecule has 2 N–H and O–H groups in total. The first-order chi connectivity index (χ1) is 6.63. The third-order valence-corrected chi connectivity index (χ3v) is 1.82. The van der Waals surface area contributed by atoms with Gasteiger partial charge in [-0.15, -0.1) is 0 Å². The molecule has 1 aromatic heterocycles. The van der Waals surface area contributed by atoms with Crippen LogP contribution in [0.1, 0.15) is 23.0 Å². The van der Waals surface area contributed by atoms with Crippen molar-refractivity contribution in [3.63, 3.8) is 0 Å². The van der Waals surface area contributed by atoms with E-state index < -0.39 is 0 Å². The molecule has 1 amide bonds. The first kappa shape index (κ1) is 10.7. The molecule has 0 aliphatic rings. The molecule has 0 radical (unpaired) electrons. The van der Waals surface area contributed by atoms with Gasteiger partial charge in [-0.25, -0.2) is 0 Å². The Kier molecular flexibility index (Phi) is 3.59. The minimum absolute atomic E-state index is 0.0645. The van der Waals surface area contributed by atoms with Crippen LogP contribution in [0.25, 0.3) is 0 Å². The van der Waals surface area contributed by atoms with Crippen LogP contribution in [0.2, 0.25) is 0 Å². The molecule has 0 aromatic carbocycles. The predicted octanol–water partition coefficient (Wildman–Crippen LogP) is 0.501. The quantitative estimate of drug-likeness (QED) is 0.736. The van der Waals surface area contributed by atoms with Gasteiger partial charge >= 0.3 is 0 Å². The smallest absolute Gasteiger partial charge is 0.253 e. The predicted molar refractivity (Wildman–Crippen MR) is 53.0 cm³/mol. The first-order valence-electron chi connectivity index (χ1n) is 4.48. The van der Waals surface area contributed by atoms with Crippen LogP contribution >= 0.6 is 0 Å². The molecule has 1 heterocycles. The summed E-state index contributed by atoms with van der Waals surface area (Å²) in [4.78, 5) is 15.5. The summed E-state index contributed by atoms with van der Waals surface area (Å²) in [6.45, 7) is 3.53. The Morgan fingerprint density at radius 2 is 2.36 bits per heavy atom. The average molecular weight is 194 g/mol. The molecular formula is C10H14N2O2. The van der Waals surface area contributed by atoms with Crippen molar-refractivity contribution in [1.82, 2.24) is 10.3 Å². The van der Waals surface area contributed by atoms with Gasteiger partial charge in [-0.05, 0) is 26.0 Å². The number of amides is 1. The Morgan fingerprint density at radius 3 is 2.86 bits per heavy atom. The third-order valence-electron chi connectivity index (χ3n) is 1.82. The van der Waals surface area contributed by atoms with Gasteiger partial charge in [-0.1, -0.05) is 0 Å². The summed E-state index contributed by atoms with van der Waals surface area (Å²) in [5, 5.41) is 11.4. The van der Waals surface area contributed by atoms with Crippen LogP contribution in [0.4, 0.5) is 0 Å². The maximum absolute atomic E-state index is 11.5. The summed E-state index contributed by atoms with van der Waals surface area (Å²) in [5.74, 6) is -0.209. The van der Waals surface area contributed by atoms with Crippen molar-refractivity contribution in [2.45, 2.75) is 19.9 Å². The summed E-state index contributed by atoms with van der Waals surface area (Å²) in [7, 11) is 0. The topological polar surface area (TPSA) is 62.2 Å². The number of aliphatic hydroxyl groups excluding tert-OH is 1. The molecule has 1 unspecified atom stereocenters. The van der Waals surface area contributed by atoms with Gasteiger partial charge in [0.05, 0.1) is 12.2 Å². The largest absolute Gasteiger partial charge is 0.394 e. The zero-order valence-corrected chi connectivity index (χ0v) is 8.32. The van der Waals surface area contributed by atoms with E-state index in [0.29, 0.717) is 5.56 Å². The number of aliphatic hydroxyl groups is 1. The van der Waals surface area contributed by atoms with Crippen molar-refractivity contribution in [3.05, 3.63) is 29.6 Å². The normalized spacial score (nSPS) is 12.2. The number of nitrogens with one attached hydrogen (secondary N) is 1. The highest BCUT2D eigenvalue weighted by atomic mass is 16.3. The Morgan fingerprint density at radius 1 is 1.64 bits per heavy atom. The third kappa shape index (κ3) is 2.81. The highest BCUT2D eigenvalue weighted by Crippen LogP contribution is 1.99. The number of nitrogens with zero attached hydrogens (tertiary/aromatic N) is 1. The minimum atomic E-state index is -0.233. The van der Waals surface area contributed by atoms with E-state index in [-0.39, 0.29) is 18.6 Å². The Balaban J connectivity index is 2.65. The number of pyridine rings is 1. The lowest BCUT2D eigenvalue weighted by Gasteiger charge is -2.10. The lowest BCUT2D eigenvalue weighted by Crippen LogP contribution is -2.35. The second-order valence-electron chi connectivity index (χ2n) is 3.25. The standard InChI is InChI=1S/C10H14N2O2/c1-7-3-4-9(5-11-7)10(14)12-8(2)6-13/h3-5,8,13H,6H2,1-2H3,(H,12,14). The van der Waals surface area contributed by atoms with E-state index in [1.54, 1.807) is 19.1 Å². The van der Waals surface area contributed by atoms with Crippen LogP contribution in [-0.4, -0.2) is 28.6 Å². The SMILES string of the molecule is Cc1ccc(C(=O)NC(C)CO)cn1. The maximum Gasteiger partial charge on any atom is 0.253 e. The summed E-state index contributed by atoms with van der Waals surface area (Å²) in [6.07, 6.45) is 1.52. The van der Waals surface area contributed by atoms with Gasteiger partial charge < -0.3 is 10.4 Å². The molecular weight excluding hydrogens is 180 g/mol. The zero-order valence-electron chi connectivity index (χ0n) is 8.32. The van der Waals surface area contributed by atoms with Crippen LogP contribution in [-0.2, 0) is 0 Å². The van der Waals surface area contributed by atoms with Gasteiger partial charge in [-0.3, -0.25) is 9.78 Å². The van der Waals surface area contributed by atoms with Gasteiger partial charge in [0, 0.05) is 17.9 Å². The van der Waals surface area contributed by atoms with Gasteiger partial charge in [-0.2, -0.15) is 0 Å². The van der Waals surface area contributed by atoms with Crippen LogP contribution in [0.15, 0.2) is 18.3 Å². The fraction of sp³-hybridized carbons (Fsp3) is 0.400. The summed E-state index contributed by atoms with van der Waals surface area (Å²) in [6, 6.07) is 3.25. The van der Waals surface area contributed by atoms with Crippen LogP contribution in [0.5, 0.6) is 0 Å². The molecule has 4 heteroatoms. The van der Waals surface area contributed by atoms with E-state index >= 15 is 0 Å². The van der Waals surface area contributed by atoms with Crippen molar-refractivity contribution in [3.8, 4) is 0 Å². The molecule has 1 aromatic rings. The Bertz CT molecular complexity index is 308. The van der Waals surface area contributed by atoms with Crippen molar-refractivity contribution >= 4 is 5.91 Å². The molecule has 1 rings (SSSR count). The van der Waals surface area contributed by atoms with Gasteiger partial charge in [0.2, 0.25) is 0 Å². The molecule has 1 atom stereocenters. The van der Waals surface area contributed by atoms with Crippen molar-refractivity contribution < 1.29 is 9.90 Å². The molecule has 4 nitrogen and oxygen atoms in total. The highest BCUT2D eigenvalue weighted by molar-refractivity contribution is 5.94. The number of aromatic nitrogens is 1. The monoisotopic (exact) mass is 194 g/mol. The number of carbonyl (C=O) groups is 1. The minimum Gasteiger partial charge on any atom is -0.394 e. The molecule has 14 heavy (non-hydrogen) atoms. The summed E-state index contributed by atoms with van der Waals surface area (Å²) in [5.41, 5.74) is 1.38. The second-order valence-corrected chi connectivity index (χ2v) is 3.25. The van der Waals surface area contributed by atoms with Crippen LogP contribution < -0.4 is 5.32 Å². The van der Waals surface area contributed by atoms with E-state index in [0.717, 1.165) is 5.69 Å². The lowest BCUT2D eigenvalue weighted by atomic mass is 10.2. The maximum atomic E-state index is 11.5. The van der Waals surface area contributed by atoms with E-state index in [4.69, 9.17) is 5.11 Å². The number of aryl methyl sites for hydroxylation is 1.